The summed E-state index contributed by atoms with van der Waals surface area (Å²) in [5.41, 5.74) is 3.21. The Labute approximate surface area is 174 Å². The second-order valence-corrected chi connectivity index (χ2v) is 7.76. The van der Waals surface area contributed by atoms with Crippen LogP contribution < -0.4 is 15.8 Å². The fourth-order valence-electron chi connectivity index (χ4n) is 3.18. The molecule has 7 heteroatoms. The summed E-state index contributed by atoms with van der Waals surface area (Å²) in [6, 6.07) is 12.2. The number of carbonyl (C=O) groups excluding carboxylic acids is 1. The van der Waals surface area contributed by atoms with Gasteiger partial charge in [0.1, 0.15) is 11.7 Å². The Balaban J connectivity index is 1.81. The highest BCUT2D eigenvalue weighted by molar-refractivity contribution is 7.13. The molecule has 1 unspecified atom stereocenters. The number of nitrogens with zero attached hydrogens (tertiary/aromatic N) is 3. The number of anilines is 2. The van der Waals surface area contributed by atoms with E-state index in [0.29, 0.717) is 5.69 Å². The van der Waals surface area contributed by atoms with Crippen molar-refractivity contribution in [1.82, 2.24) is 9.78 Å². The predicted molar refractivity (Wildman–Crippen MR) is 120 cm³/mol. The molecule has 152 valence electrons. The topological polar surface area (TPSA) is 67.2 Å². The minimum Gasteiger partial charge on any atom is -0.372 e. The summed E-state index contributed by atoms with van der Waals surface area (Å²) in [4.78, 5) is 28.3. The number of aryl methyl sites for hydroxylation is 1. The zero-order valence-corrected chi connectivity index (χ0v) is 18.0. The van der Waals surface area contributed by atoms with E-state index in [2.05, 4.69) is 35.2 Å². The first kappa shape index (κ1) is 20.8. The number of rotatable bonds is 7. The fraction of sp³-hybridized carbons (Fsp3) is 0.318. The quantitative estimate of drug-likeness (QED) is 0.630. The number of nitrogens with one attached hydrogen (secondary N) is 1. The van der Waals surface area contributed by atoms with E-state index >= 15 is 0 Å². The zero-order chi connectivity index (χ0) is 21.0. The fourth-order valence-corrected chi connectivity index (χ4v) is 3.87. The molecule has 0 aliphatic heterocycles. The minimum absolute atomic E-state index is 0.276. The largest absolute Gasteiger partial charge is 0.372 e. The van der Waals surface area contributed by atoms with Gasteiger partial charge in [0.2, 0.25) is 5.91 Å². The molecular formula is C22H26N4O2S. The average molecular weight is 411 g/mol. The first-order valence-corrected chi connectivity index (χ1v) is 10.6. The van der Waals surface area contributed by atoms with Crippen molar-refractivity contribution in [3.05, 3.63) is 63.8 Å². The number of thiophene rings is 1. The van der Waals surface area contributed by atoms with E-state index in [1.807, 2.05) is 36.6 Å². The maximum absolute atomic E-state index is 12.8. The van der Waals surface area contributed by atoms with Crippen LogP contribution in [0.2, 0.25) is 0 Å². The smallest absolute Gasteiger partial charge is 0.267 e. The molecule has 0 aliphatic rings. The standard InChI is InChI=1S/C22H26N4O2S/c1-5-25(6-2)17-9-10-18(15(3)14-17)23-22(28)16(4)26-21(27)12-11-19(24-26)20-8-7-13-29-20/h7-14,16H,5-6H2,1-4H3,(H,23,28). The minimum atomic E-state index is -0.732. The molecule has 0 spiro atoms. The van der Waals surface area contributed by atoms with Gasteiger partial charge < -0.3 is 10.2 Å². The zero-order valence-electron chi connectivity index (χ0n) is 17.2. The van der Waals surface area contributed by atoms with Crippen LogP contribution in [0.25, 0.3) is 10.6 Å². The molecule has 6 nitrogen and oxygen atoms in total. The molecule has 0 saturated heterocycles. The van der Waals surface area contributed by atoms with E-state index < -0.39 is 6.04 Å². The molecule has 1 amide bonds. The van der Waals surface area contributed by atoms with Crippen molar-refractivity contribution < 1.29 is 4.79 Å². The number of hydrogen-bond acceptors (Lipinski definition) is 5. The molecule has 0 fully saturated rings. The number of amides is 1. The lowest BCUT2D eigenvalue weighted by molar-refractivity contribution is -0.119. The van der Waals surface area contributed by atoms with Gasteiger partial charge in [0.15, 0.2) is 0 Å². The van der Waals surface area contributed by atoms with Gasteiger partial charge in [-0.15, -0.1) is 11.3 Å². The van der Waals surface area contributed by atoms with Crippen LogP contribution in [0.4, 0.5) is 11.4 Å². The van der Waals surface area contributed by atoms with E-state index in [9.17, 15) is 9.59 Å². The summed E-state index contributed by atoms with van der Waals surface area (Å²) in [6.07, 6.45) is 0. The van der Waals surface area contributed by atoms with Crippen LogP contribution in [-0.4, -0.2) is 28.8 Å². The van der Waals surface area contributed by atoms with Crippen molar-refractivity contribution in [2.75, 3.05) is 23.3 Å². The second-order valence-electron chi connectivity index (χ2n) is 6.82. The molecule has 29 heavy (non-hydrogen) atoms. The summed E-state index contributed by atoms with van der Waals surface area (Å²) in [5, 5.41) is 9.30. The number of aromatic nitrogens is 2. The molecule has 0 saturated carbocycles. The Morgan fingerprint density at radius 1 is 1.21 bits per heavy atom. The number of carbonyl (C=O) groups is 1. The van der Waals surface area contributed by atoms with Gasteiger partial charge in [0, 0.05) is 30.5 Å². The van der Waals surface area contributed by atoms with Gasteiger partial charge in [-0.3, -0.25) is 9.59 Å². The van der Waals surface area contributed by atoms with E-state index in [4.69, 9.17) is 0 Å². The molecule has 1 atom stereocenters. The molecule has 0 aliphatic carbocycles. The summed E-state index contributed by atoms with van der Waals surface area (Å²) in [6.45, 7) is 9.73. The summed E-state index contributed by atoms with van der Waals surface area (Å²) < 4.78 is 1.24. The van der Waals surface area contributed by atoms with Crippen molar-refractivity contribution in [2.24, 2.45) is 0 Å². The molecule has 3 aromatic rings. The summed E-state index contributed by atoms with van der Waals surface area (Å²) in [5.74, 6) is -0.276. The maximum Gasteiger partial charge on any atom is 0.267 e. The van der Waals surface area contributed by atoms with Crippen molar-refractivity contribution in [3.63, 3.8) is 0 Å². The first-order chi connectivity index (χ1) is 13.9. The van der Waals surface area contributed by atoms with Gasteiger partial charge in [-0.2, -0.15) is 5.10 Å². The SMILES string of the molecule is CCN(CC)c1ccc(NC(=O)C(C)n2nc(-c3cccs3)ccc2=O)c(C)c1. The van der Waals surface area contributed by atoms with Crippen LogP contribution >= 0.6 is 11.3 Å². The molecule has 2 aromatic heterocycles. The highest BCUT2D eigenvalue weighted by atomic mass is 32.1. The molecule has 1 N–H and O–H groups in total. The van der Waals surface area contributed by atoms with E-state index in [0.717, 1.165) is 34.9 Å². The van der Waals surface area contributed by atoms with Gasteiger partial charge in [0.05, 0.1) is 4.88 Å². The van der Waals surface area contributed by atoms with Crippen LogP contribution in [0.3, 0.4) is 0 Å². The Hall–Kier alpha value is -2.93. The van der Waals surface area contributed by atoms with Crippen molar-refractivity contribution in [1.29, 1.82) is 0 Å². The number of benzene rings is 1. The lowest BCUT2D eigenvalue weighted by atomic mass is 10.1. The molecular weight excluding hydrogens is 384 g/mol. The average Bonchev–Trinajstić information content (AvgIpc) is 3.25. The summed E-state index contributed by atoms with van der Waals surface area (Å²) >= 11 is 1.54. The van der Waals surface area contributed by atoms with Gasteiger partial charge in [0.25, 0.3) is 5.56 Å². The molecule has 3 rings (SSSR count). The Bertz CT molecular complexity index is 1040. The van der Waals surface area contributed by atoms with Crippen LogP contribution in [0.5, 0.6) is 0 Å². The second kappa shape index (κ2) is 9.05. The van der Waals surface area contributed by atoms with Gasteiger partial charge in [-0.05, 0) is 69.0 Å². The van der Waals surface area contributed by atoms with Crippen molar-refractivity contribution in [3.8, 4) is 10.6 Å². The Morgan fingerprint density at radius 3 is 2.59 bits per heavy atom. The van der Waals surface area contributed by atoms with Gasteiger partial charge >= 0.3 is 0 Å². The van der Waals surface area contributed by atoms with Crippen LogP contribution in [0.1, 0.15) is 32.4 Å². The van der Waals surface area contributed by atoms with Crippen LogP contribution in [-0.2, 0) is 4.79 Å². The lowest BCUT2D eigenvalue weighted by Crippen LogP contribution is -2.33. The third-order valence-electron chi connectivity index (χ3n) is 4.94. The highest BCUT2D eigenvalue weighted by Crippen LogP contribution is 2.24. The molecule has 1 aromatic carbocycles. The lowest BCUT2D eigenvalue weighted by Gasteiger charge is -2.22. The Morgan fingerprint density at radius 2 is 1.97 bits per heavy atom. The highest BCUT2D eigenvalue weighted by Gasteiger charge is 2.19. The monoisotopic (exact) mass is 410 g/mol. The maximum atomic E-state index is 12.8. The normalized spacial score (nSPS) is 11.9. The molecule has 2 heterocycles. The third kappa shape index (κ3) is 4.56. The number of hydrogen-bond donors (Lipinski definition) is 1. The van der Waals surface area contributed by atoms with Crippen molar-refractivity contribution >= 4 is 28.6 Å². The summed E-state index contributed by atoms with van der Waals surface area (Å²) in [7, 11) is 0. The third-order valence-corrected chi connectivity index (χ3v) is 5.83. The van der Waals surface area contributed by atoms with Crippen LogP contribution in [0.15, 0.2) is 52.6 Å². The first-order valence-electron chi connectivity index (χ1n) is 9.74. The van der Waals surface area contributed by atoms with E-state index in [1.54, 1.807) is 24.3 Å². The van der Waals surface area contributed by atoms with E-state index in [1.165, 1.54) is 10.7 Å². The van der Waals surface area contributed by atoms with Crippen molar-refractivity contribution in [2.45, 2.75) is 33.7 Å². The predicted octanol–water partition coefficient (Wildman–Crippen LogP) is 4.33. The molecule has 0 radical (unpaired) electrons. The van der Waals surface area contributed by atoms with Gasteiger partial charge in [-0.25, -0.2) is 4.68 Å². The van der Waals surface area contributed by atoms with Crippen LogP contribution in [0, 0.1) is 6.92 Å². The van der Waals surface area contributed by atoms with E-state index in [-0.39, 0.29) is 11.5 Å². The Kier molecular flexibility index (Phi) is 6.49. The van der Waals surface area contributed by atoms with Gasteiger partial charge in [-0.1, -0.05) is 6.07 Å². The molecule has 0 bridgehead atoms.